The predicted molar refractivity (Wildman–Crippen MR) is 65.2 cm³/mol. The molecule has 0 amide bonds. The Bertz CT molecular complexity index is 331. The molecule has 1 fully saturated rings. The third kappa shape index (κ3) is 2.53. The molecule has 0 spiro atoms. The SMILES string of the molecule is CC1CC(N[C@H](C)c2ccccc2Cl)C1. The third-order valence-corrected chi connectivity index (χ3v) is 3.58. The first-order valence-corrected chi connectivity index (χ1v) is 6.05. The van der Waals surface area contributed by atoms with Crippen molar-refractivity contribution in [2.45, 2.75) is 38.8 Å². The highest BCUT2D eigenvalue weighted by Gasteiger charge is 2.26. The molecule has 1 atom stereocenters. The standard InChI is InChI=1S/C13H18ClN/c1-9-7-11(8-9)15-10(2)12-5-3-4-6-13(12)14/h3-6,9-11,15H,7-8H2,1-2H3/t9?,10-,11?/m1/s1. The highest BCUT2D eigenvalue weighted by molar-refractivity contribution is 6.31. The molecule has 1 saturated carbocycles. The molecular formula is C13H18ClN. The number of rotatable bonds is 3. The lowest BCUT2D eigenvalue weighted by Gasteiger charge is -2.36. The molecule has 0 unspecified atom stereocenters. The molecule has 2 rings (SSSR count). The van der Waals surface area contributed by atoms with Crippen molar-refractivity contribution in [3.05, 3.63) is 34.9 Å². The van der Waals surface area contributed by atoms with Crippen LogP contribution in [0.4, 0.5) is 0 Å². The Hall–Kier alpha value is -0.530. The minimum absolute atomic E-state index is 0.358. The summed E-state index contributed by atoms with van der Waals surface area (Å²) in [5, 5.41) is 4.49. The van der Waals surface area contributed by atoms with Crippen LogP contribution in [0.3, 0.4) is 0 Å². The summed E-state index contributed by atoms with van der Waals surface area (Å²) in [4.78, 5) is 0. The zero-order valence-electron chi connectivity index (χ0n) is 9.33. The molecule has 1 aliphatic rings. The monoisotopic (exact) mass is 223 g/mol. The molecule has 0 aromatic heterocycles. The van der Waals surface area contributed by atoms with Crippen molar-refractivity contribution in [2.75, 3.05) is 0 Å². The average Bonchev–Trinajstić information content (AvgIpc) is 2.16. The lowest BCUT2D eigenvalue weighted by atomic mass is 9.81. The summed E-state index contributed by atoms with van der Waals surface area (Å²) in [5.41, 5.74) is 1.21. The number of nitrogens with one attached hydrogen (secondary N) is 1. The Morgan fingerprint density at radius 2 is 2.00 bits per heavy atom. The quantitative estimate of drug-likeness (QED) is 0.822. The Balaban J connectivity index is 1.96. The summed E-state index contributed by atoms with van der Waals surface area (Å²) in [5.74, 6) is 0.890. The van der Waals surface area contributed by atoms with Crippen molar-refractivity contribution in [3.8, 4) is 0 Å². The van der Waals surface area contributed by atoms with Crippen molar-refractivity contribution in [3.63, 3.8) is 0 Å². The topological polar surface area (TPSA) is 12.0 Å². The fraction of sp³-hybridized carbons (Fsp3) is 0.538. The molecule has 15 heavy (non-hydrogen) atoms. The minimum Gasteiger partial charge on any atom is -0.307 e. The summed E-state index contributed by atoms with van der Waals surface area (Å²) in [6.07, 6.45) is 2.60. The molecule has 0 aliphatic heterocycles. The maximum absolute atomic E-state index is 6.15. The predicted octanol–water partition coefficient (Wildman–Crippen LogP) is 3.79. The normalized spacial score (nSPS) is 27.1. The lowest BCUT2D eigenvalue weighted by molar-refractivity contribution is 0.226. The van der Waals surface area contributed by atoms with Gasteiger partial charge in [0.2, 0.25) is 0 Å². The third-order valence-electron chi connectivity index (χ3n) is 3.23. The molecule has 0 radical (unpaired) electrons. The van der Waals surface area contributed by atoms with Gasteiger partial charge in [0, 0.05) is 17.1 Å². The summed E-state index contributed by atoms with van der Waals surface area (Å²) < 4.78 is 0. The second-order valence-corrected chi connectivity index (χ2v) is 5.09. The van der Waals surface area contributed by atoms with E-state index in [0.29, 0.717) is 12.1 Å². The van der Waals surface area contributed by atoms with Crippen LogP contribution in [0.15, 0.2) is 24.3 Å². The molecule has 1 aromatic rings. The van der Waals surface area contributed by atoms with E-state index < -0.39 is 0 Å². The van der Waals surface area contributed by atoms with Crippen molar-refractivity contribution in [1.29, 1.82) is 0 Å². The van der Waals surface area contributed by atoms with Crippen LogP contribution in [0.2, 0.25) is 5.02 Å². The molecule has 82 valence electrons. The van der Waals surface area contributed by atoms with Crippen LogP contribution in [0.5, 0.6) is 0 Å². The summed E-state index contributed by atoms with van der Waals surface area (Å²) >= 11 is 6.15. The van der Waals surface area contributed by atoms with Gasteiger partial charge in [-0.2, -0.15) is 0 Å². The molecule has 1 nitrogen and oxygen atoms in total. The maximum atomic E-state index is 6.15. The van der Waals surface area contributed by atoms with Gasteiger partial charge in [0.1, 0.15) is 0 Å². The largest absolute Gasteiger partial charge is 0.307 e. The van der Waals surface area contributed by atoms with Crippen molar-refractivity contribution < 1.29 is 0 Å². The minimum atomic E-state index is 0.358. The zero-order valence-corrected chi connectivity index (χ0v) is 10.1. The molecule has 0 saturated heterocycles. The molecule has 0 bridgehead atoms. The van der Waals surface area contributed by atoms with Crippen LogP contribution in [0, 0.1) is 5.92 Å². The van der Waals surface area contributed by atoms with Gasteiger partial charge in [-0.25, -0.2) is 0 Å². The van der Waals surface area contributed by atoms with Gasteiger partial charge in [-0.3, -0.25) is 0 Å². The first-order valence-electron chi connectivity index (χ1n) is 5.67. The lowest BCUT2D eigenvalue weighted by Crippen LogP contribution is -2.41. The van der Waals surface area contributed by atoms with Crippen molar-refractivity contribution >= 4 is 11.6 Å². The van der Waals surface area contributed by atoms with Gasteiger partial charge in [0.25, 0.3) is 0 Å². The summed E-state index contributed by atoms with van der Waals surface area (Å²) in [7, 11) is 0. The Morgan fingerprint density at radius 1 is 1.33 bits per heavy atom. The van der Waals surface area contributed by atoms with E-state index in [9.17, 15) is 0 Å². The molecule has 0 heterocycles. The number of benzene rings is 1. The Morgan fingerprint density at radius 3 is 2.60 bits per heavy atom. The fourth-order valence-electron chi connectivity index (χ4n) is 2.31. The van der Waals surface area contributed by atoms with Gasteiger partial charge in [0.05, 0.1) is 0 Å². The number of hydrogen-bond acceptors (Lipinski definition) is 1. The second-order valence-electron chi connectivity index (χ2n) is 4.68. The molecule has 2 heteroatoms. The molecule has 1 aliphatic carbocycles. The van der Waals surface area contributed by atoms with E-state index in [-0.39, 0.29) is 0 Å². The van der Waals surface area contributed by atoms with Gasteiger partial charge < -0.3 is 5.32 Å². The van der Waals surface area contributed by atoms with E-state index in [1.807, 2.05) is 18.2 Å². The van der Waals surface area contributed by atoms with Crippen LogP contribution in [0.25, 0.3) is 0 Å². The van der Waals surface area contributed by atoms with Gasteiger partial charge in [-0.1, -0.05) is 36.7 Å². The Kier molecular flexibility index (Phi) is 3.32. The molecule has 1 aromatic carbocycles. The van der Waals surface area contributed by atoms with Gasteiger partial charge in [0.15, 0.2) is 0 Å². The number of halogens is 1. The molecule has 1 N–H and O–H groups in total. The fourth-order valence-corrected chi connectivity index (χ4v) is 2.61. The van der Waals surface area contributed by atoms with E-state index in [4.69, 9.17) is 11.6 Å². The average molecular weight is 224 g/mol. The van der Waals surface area contributed by atoms with Crippen molar-refractivity contribution in [2.24, 2.45) is 5.92 Å². The zero-order chi connectivity index (χ0) is 10.8. The Labute approximate surface area is 96.8 Å². The highest BCUT2D eigenvalue weighted by atomic mass is 35.5. The van der Waals surface area contributed by atoms with E-state index in [0.717, 1.165) is 10.9 Å². The van der Waals surface area contributed by atoms with E-state index >= 15 is 0 Å². The summed E-state index contributed by atoms with van der Waals surface area (Å²) in [6, 6.07) is 9.12. The second kappa shape index (κ2) is 4.54. The number of hydrogen-bond donors (Lipinski definition) is 1. The smallest absolute Gasteiger partial charge is 0.0453 e. The van der Waals surface area contributed by atoms with Crippen LogP contribution in [-0.2, 0) is 0 Å². The van der Waals surface area contributed by atoms with E-state index in [1.165, 1.54) is 18.4 Å². The van der Waals surface area contributed by atoms with E-state index in [1.54, 1.807) is 0 Å². The first kappa shape index (κ1) is 11.0. The van der Waals surface area contributed by atoms with Gasteiger partial charge in [-0.15, -0.1) is 0 Å². The van der Waals surface area contributed by atoms with Crippen molar-refractivity contribution in [1.82, 2.24) is 5.32 Å². The maximum Gasteiger partial charge on any atom is 0.0453 e. The van der Waals surface area contributed by atoms with Gasteiger partial charge in [-0.05, 0) is 37.3 Å². The molecular weight excluding hydrogens is 206 g/mol. The van der Waals surface area contributed by atoms with Gasteiger partial charge >= 0.3 is 0 Å². The van der Waals surface area contributed by atoms with Crippen LogP contribution < -0.4 is 5.32 Å². The summed E-state index contributed by atoms with van der Waals surface area (Å²) in [6.45, 7) is 4.49. The first-order chi connectivity index (χ1) is 7.16. The van der Waals surface area contributed by atoms with Crippen LogP contribution >= 0.6 is 11.6 Å². The van der Waals surface area contributed by atoms with Crippen LogP contribution in [-0.4, -0.2) is 6.04 Å². The highest BCUT2D eigenvalue weighted by Crippen LogP contribution is 2.30. The van der Waals surface area contributed by atoms with Crippen LogP contribution in [0.1, 0.15) is 38.3 Å². The van der Waals surface area contributed by atoms with E-state index in [2.05, 4.69) is 25.2 Å².